The Kier molecular flexibility index (Phi) is 7.18. The van der Waals surface area contributed by atoms with Gasteiger partial charge in [-0.2, -0.15) is 0 Å². The van der Waals surface area contributed by atoms with Gasteiger partial charge >= 0.3 is 0 Å². The Morgan fingerprint density at radius 2 is 1.68 bits per heavy atom. The van der Waals surface area contributed by atoms with E-state index in [-0.39, 0.29) is 0 Å². The van der Waals surface area contributed by atoms with Crippen LogP contribution in [0.4, 0.5) is 0 Å². The van der Waals surface area contributed by atoms with Crippen molar-refractivity contribution >= 4 is 0 Å². The molecule has 0 bridgehead atoms. The second-order valence-corrected chi connectivity index (χ2v) is 6.27. The van der Waals surface area contributed by atoms with Crippen molar-refractivity contribution in [2.45, 2.75) is 57.9 Å². The van der Waals surface area contributed by atoms with Gasteiger partial charge in [-0.05, 0) is 25.8 Å². The molecule has 112 valence electrons. The number of unbranched alkanes of at least 4 members (excludes halogenated alkanes) is 2. The first-order valence-corrected chi connectivity index (χ1v) is 8.57. The minimum absolute atomic E-state index is 0.925. The Bertz CT molecular complexity index is 218. The van der Waals surface area contributed by atoms with Gasteiger partial charge in [0, 0.05) is 45.3 Å². The maximum absolute atomic E-state index is 3.58. The Balaban J connectivity index is 1.49. The fraction of sp³-hybridized carbons (Fsp3) is 1.00. The lowest BCUT2D eigenvalue weighted by molar-refractivity contribution is 0.0984. The predicted molar refractivity (Wildman–Crippen MR) is 82.7 cm³/mol. The number of piperazine rings is 1. The van der Waals surface area contributed by atoms with Crippen LogP contribution in [0.1, 0.15) is 51.9 Å². The molecule has 2 fully saturated rings. The van der Waals surface area contributed by atoms with E-state index >= 15 is 0 Å². The highest BCUT2D eigenvalue weighted by atomic mass is 15.3. The molecule has 0 spiro atoms. The number of hydrogen-bond donors (Lipinski definition) is 1. The molecule has 3 heteroatoms. The second kappa shape index (κ2) is 8.93. The molecule has 2 rings (SSSR count). The van der Waals surface area contributed by atoms with Crippen molar-refractivity contribution in [3.63, 3.8) is 0 Å². The summed E-state index contributed by atoms with van der Waals surface area (Å²) in [5.41, 5.74) is 0. The molecule has 1 N–H and O–H groups in total. The fourth-order valence-electron chi connectivity index (χ4n) is 3.48. The quantitative estimate of drug-likeness (QED) is 0.681. The van der Waals surface area contributed by atoms with Crippen molar-refractivity contribution in [3.8, 4) is 0 Å². The molecule has 2 aliphatic rings. The number of hydrogen-bond acceptors (Lipinski definition) is 3. The van der Waals surface area contributed by atoms with Gasteiger partial charge in [0.25, 0.3) is 0 Å². The zero-order chi connectivity index (χ0) is 13.3. The highest BCUT2D eigenvalue weighted by Crippen LogP contribution is 2.24. The summed E-state index contributed by atoms with van der Waals surface area (Å²) >= 11 is 0. The van der Waals surface area contributed by atoms with E-state index in [1.54, 1.807) is 0 Å². The average Bonchev–Trinajstić information content (AvgIpc) is 2.97. The summed E-state index contributed by atoms with van der Waals surface area (Å²) in [5.74, 6) is 0. The molecular formula is C16H33N3. The second-order valence-electron chi connectivity index (χ2n) is 6.27. The van der Waals surface area contributed by atoms with Crippen LogP contribution < -0.4 is 5.32 Å². The maximum Gasteiger partial charge on any atom is 0.0113 e. The third kappa shape index (κ3) is 5.41. The number of rotatable bonds is 8. The van der Waals surface area contributed by atoms with Crippen LogP contribution in [-0.2, 0) is 0 Å². The van der Waals surface area contributed by atoms with Gasteiger partial charge in [-0.3, -0.25) is 9.80 Å². The van der Waals surface area contributed by atoms with E-state index in [1.807, 2.05) is 0 Å². The first-order chi connectivity index (χ1) is 9.40. The monoisotopic (exact) mass is 267 g/mol. The molecule has 1 saturated heterocycles. The minimum Gasteiger partial charge on any atom is -0.315 e. The molecule has 1 saturated carbocycles. The molecule has 19 heavy (non-hydrogen) atoms. The van der Waals surface area contributed by atoms with E-state index in [2.05, 4.69) is 22.0 Å². The standard InChI is InChI=1S/C16H33N3/c1-2-3-6-9-17-10-11-18-12-14-19(15-13-18)16-7-4-5-8-16/h16-17H,2-15H2,1H3. The van der Waals surface area contributed by atoms with Crippen molar-refractivity contribution in [2.75, 3.05) is 45.8 Å². The van der Waals surface area contributed by atoms with Crippen LogP contribution in [0.15, 0.2) is 0 Å². The minimum atomic E-state index is 0.925. The summed E-state index contributed by atoms with van der Waals surface area (Å²) in [5, 5.41) is 3.58. The summed E-state index contributed by atoms with van der Waals surface area (Å²) in [6.07, 6.45) is 9.88. The van der Waals surface area contributed by atoms with Crippen LogP contribution in [-0.4, -0.2) is 61.7 Å². The van der Waals surface area contributed by atoms with E-state index in [1.165, 1.54) is 90.8 Å². The summed E-state index contributed by atoms with van der Waals surface area (Å²) < 4.78 is 0. The van der Waals surface area contributed by atoms with Gasteiger partial charge in [-0.1, -0.05) is 32.6 Å². The van der Waals surface area contributed by atoms with Crippen LogP contribution in [0, 0.1) is 0 Å². The van der Waals surface area contributed by atoms with Crippen LogP contribution in [0.2, 0.25) is 0 Å². The van der Waals surface area contributed by atoms with Crippen LogP contribution in [0.5, 0.6) is 0 Å². The average molecular weight is 267 g/mol. The molecule has 0 aromatic rings. The Morgan fingerprint density at radius 3 is 2.37 bits per heavy atom. The highest BCUT2D eigenvalue weighted by Gasteiger charge is 2.25. The first-order valence-electron chi connectivity index (χ1n) is 8.57. The van der Waals surface area contributed by atoms with Gasteiger partial charge in [-0.25, -0.2) is 0 Å². The lowest BCUT2D eigenvalue weighted by atomic mass is 10.2. The molecule has 0 radical (unpaired) electrons. The SMILES string of the molecule is CCCCCNCCN1CCN(C2CCCC2)CC1. The Hall–Kier alpha value is -0.120. The van der Waals surface area contributed by atoms with Crippen molar-refractivity contribution in [2.24, 2.45) is 0 Å². The third-order valence-electron chi connectivity index (χ3n) is 4.81. The molecule has 1 aliphatic carbocycles. The molecule has 0 unspecified atom stereocenters. The van der Waals surface area contributed by atoms with Crippen molar-refractivity contribution < 1.29 is 0 Å². The Labute approximate surface area is 119 Å². The van der Waals surface area contributed by atoms with Crippen molar-refractivity contribution in [1.82, 2.24) is 15.1 Å². The lowest BCUT2D eigenvalue weighted by Gasteiger charge is -2.38. The number of nitrogens with zero attached hydrogens (tertiary/aromatic N) is 2. The van der Waals surface area contributed by atoms with Crippen molar-refractivity contribution in [3.05, 3.63) is 0 Å². The fourth-order valence-corrected chi connectivity index (χ4v) is 3.48. The van der Waals surface area contributed by atoms with Crippen molar-refractivity contribution in [1.29, 1.82) is 0 Å². The maximum atomic E-state index is 3.58. The van der Waals surface area contributed by atoms with E-state index < -0.39 is 0 Å². The van der Waals surface area contributed by atoms with Crippen LogP contribution >= 0.6 is 0 Å². The molecule has 1 heterocycles. The summed E-state index contributed by atoms with van der Waals surface area (Å²) in [4.78, 5) is 5.39. The van der Waals surface area contributed by atoms with Crippen LogP contribution in [0.25, 0.3) is 0 Å². The van der Waals surface area contributed by atoms with E-state index in [9.17, 15) is 0 Å². The molecule has 1 aliphatic heterocycles. The normalized spacial score (nSPS) is 23.2. The smallest absolute Gasteiger partial charge is 0.0113 e. The summed E-state index contributed by atoms with van der Waals surface area (Å²) in [7, 11) is 0. The summed E-state index contributed by atoms with van der Waals surface area (Å²) in [6.45, 7) is 11.1. The predicted octanol–water partition coefficient (Wildman–Crippen LogP) is 2.33. The van der Waals surface area contributed by atoms with E-state index in [0.717, 1.165) is 6.04 Å². The van der Waals surface area contributed by atoms with Gasteiger partial charge in [0.1, 0.15) is 0 Å². The zero-order valence-corrected chi connectivity index (χ0v) is 12.9. The van der Waals surface area contributed by atoms with Gasteiger partial charge in [0.2, 0.25) is 0 Å². The lowest BCUT2D eigenvalue weighted by Crippen LogP contribution is -2.50. The molecule has 3 nitrogen and oxygen atoms in total. The summed E-state index contributed by atoms with van der Waals surface area (Å²) in [6, 6.07) is 0.925. The van der Waals surface area contributed by atoms with Gasteiger partial charge in [0.15, 0.2) is 0 Å². The van der Waals surface area contributed by atoms with Gasteiger partial charge in [-0.15, -0.1) is 0 Å². The largest absolute Gasteiger partial charge is 0.315 e. The first kappa shape index (κ1) is 15.3. The van der Waals surface area contributed by atoms with Gasteiger partial charge < -0.3 is 5.32 Å². The zero-order valence-electron chi connectivity index (χ0n) is 12.9. The van der Waals surface area contributed by atoms with E-state index in [4.69, 9.17) is 0 Å². The van der Waals surface area contributed by atoms with Gasteiger partial charge in [0.05, 0.1) is 0 Å². The molecular weight excluding hydrogens is 234 g/mol. The highest BCUT2D eigenvalue weighted by molar-refractivity contribution is 4.82. The molecule has 0 aromatic carbocycles. The third-order valence-corrected chi connectivity index (χ3v) is 4.81. The molecule has 0 amide bonds. The molecule has 0 aromatic heterocycles. The number of nitrogens with one attached hydrogen (secondary N) is 1. The topological polar surface area (TPSA) is 18.5 Å². The van der Waals surface area contributed by atoms with E-state index in [0.29, 0.717) is 0 Å². The Morgan fingerprint density at radius 1 is 0.947 bits per heavy atom. The van der Waals surface area contributed by atoms with Crippen LogP contribution in [0.3, 0.4) is 0 Å². The molecule has 0 atom stereocenters.